The van der Waals surface area contributed by atoms with Crippen LogP contribution in [-0.2, 0) is 4.79 Å². The van der Waals surface area contributed by atoms with Crippen molar-refractivity contribution in [3.05, 3.63) is 47.5 Å². The van der Waals surface area contributed by atoms with Gasteiger partial charge in [0.1, 0.15) is 0 Å². The third-order valence-electron chi connectivity index (χ3n) is 4.96. The summed E-state index contributed by atoms with van der Waals surface area (Å²) in [6.07, 6.45) is -4.50. The molecule has 0 aromatic heterocycles. The van der Waals surface area contributed by atoms with E-state index < -0.39 is 23.7 Å². The maximum Gasteiger partial charge on any atom is 0.409 e. The van der Waals surface area contributed by atoms with Gasteiger partial charge >= 0.3 is 6.18 Å². The van der Waals surface area contributed by atoms with E-state index >= 15 is 0 Å². The summed E-state index contributed by atoms with van der Waals surface area (Å²) >= 11 is 0. The third kappa shape index (κ3) is 3.30. The van der Waals surface area contributed by atoms with Crippen molar-refractivity contribution in [3.63, 3.8) is 0 Å². The van der Waals surface area contributed by atoms with Crippen LogP contribution in [0.2, 0.25) is 0 Å². The SMILES string of the molecule is CC(C)c1ccc2c(C(N3NC(=O)CC3(C)C)C(F)(F)F)cccc2c1. The molecule has 1 aliphatic heterocycles. The fourth-order valence-electron chi connectivity index (χ4n) is 3.60. The smallest absolute Gasteiger partial charge is 0.287 e. The molecule has 0 saturated carbocycles. The van der Waals surface area contributed by atoms with Gasteiger partial charge in [0.2, 0.25) is 5.91 Å². The first-order valence-corrected chi connectivity index (χ1v) is 8.69. The van der Waals surface area contributed by atoms with Gasteiger partial charge in [0, 0.05) is 12.0 Å². The first kappa shape index (κ1) is 18.7. The topological polar surface area (TPSA) is 32.3 Å². The van der Waals surface area contributed by atoms with Gasteiger partial charge in [0.05, 0.1) is 0 Å². The van der Waals surface area contributed by atoms with E-state index in [0.717, 1.165) is 16.0 Å². The number of hydrogen-bond donors (Lipinski definition) is 1. The molecule has 2 aromatic rings. The molecule has 0 spiro atoms. The Morgan fingerprint density at radius 3 is 2.38 bits per heavy atom. The van der Waals surface area contributed by atoms with Crippen molar-refractivity contribution in [2.24, 2.45) is 0 Å². The monoisotopic (exact) mass is 364 g/mol. The molecule has 140 valence electrons. The highest BCUT2D eigenvalue weighted by Crippen LogP contribution is 2.44. The second-order valence-electron chi connectivity index (χ2n) is 7.82. The highest BCUT2D eigenvalue weighted by Gasteiger charge is 2.53. The molecule has 3 nitrogen and oxygen atoms in total. The standard InChI is InChI=1S/C20H23F3N2O/c1-12(2)13-8-9-15-14(10-13)6-5-7-16(15)18(20(21,22)23)25-19(3,4)11-17(26)24-25/h5-10,12,18H,11H2,1-4H3,(H,24,26). The molecule has 26 heavy (non-hydrogen) atoms. The summed E-state index contributed by atoms with van der Waals surface area (Å²) in [5, 5.41) is 2.38. The van der Waals surface area contributed by atoms with Gasteiger partial charge in [-0.2, -0.15) is 18.2 Å². The van der Waals surface area contributed by atoms with Gasteiger partial charge in [-0.05, 0) is 41.7 Å². The van der Waals surface area contributed by atoms with E-state index in [1.54, 1.807) is 26.0 Å². The summed E-state index contributed by atoms with van der Waals surface area (Å²) in [4.78, 5) is 11.8. The number of rotatable bonds is 3. The van der Waals surface area contributed by atoms with Crippen molar-refractivity contribution in [2.75, 3.05) is 0 Å². The second-order valence-corrected chi connectivity index (χ2v) is 7.82. The van der Waals surface area contributed by atoms with E-state index in [9.17, 15) is 18.0 Å². The average molecular weight is 364 g/mol. The molecule has 1 fully saturated rings. The quantitative estimate of drug-likeness (QED) is 0.823. The first-order valence-electron chi connectivity index (χ1n) is 8.69. The van der Waals surface area contributed by atoms with Gasteiger partial charge < -0.3 is 0 Å². The first-order chi connectivity index (χ1) is 12.0. The zero-order chi connectivity index (χ0) is 19.3. The predicted molar refractivity (Wildman–Crippen MR) is 95.5 cm³/mol. The Kier molecular flexibility index (Phi) is 4.51. The lowest BCUT2D eigenvalue weighted by molar-refractivity contribution is -0.203. The predicted octanol–water partition coefficient (Wildman–Crippen LogP) is 5.08. The van der Waals surface area contributed by atoms with Gasteiger partial charge in [-0.15, -0.1) is 0 Å². The van der Waals surface area contributed by atoms with Gasteiger partial charge in [0.25, 0.3) is 0 Å². The van der Waals surface area contributed by atoms with Crippen molar-refractivity contribution >= 4 is 16.7 Å². The Hall–Kier alpha value is -2.08. The number of hydrazine groups is 1. The lowest BCUT2D eigenvalue weighted by atomic mass is 9.92. The molecule has 0 radical (unpaired) electrons. The molecule has 2 aromatic carbocycles. The molecule has 3 rings (SSSR count). The summed E-state index contributed by atoms with van der Waals surface area (Å²) in [7, 11) is 0. The number of alkyl halides is 3. The maximum absolute atomic E-state index is 14.1. The van der Waals surface area contributed by atoms with Crippen LogP contribution in [-0.4, -0.2) is 22.6 Å². The van der Waals surface area contributed by atoms with Gasteiger partial charge in [-0.1, -0.05) is 50.2 Å². The fourth-order valence-corrected chi connectivity index (χ4v) is 3.60. The lowest BCUT2D eigenvalue weighted by Crippen LogP contribution is -2.51. The van der Waals surface area contributed by atoms with E-state index in [0.29, 0.717) is 11.3 Å². The van der Waals surface area contributed by atoms with Gasteiger partial charge in [-0.25, -0.2) is 0 Å². The summed E-state index contributed by atoms with van der Waals surface area (Å²) in [6, 6.07) is 8.62. The Bertz CT molecular complexity index is 843. The summed E-state index contributed by atoms with van der Waals surface area (Å²) < 4.78 is 42.2. The fraction of sp³-hybridized carbons (Fsp3) is 0.450. The van der Waals surface area contributed by atoms with Crippen molar-refractivity contribution in [1.82, 2.24) is 10.4 Å². The van der Waals surface area contributed by atoms with E-state index in [1.165, 1.54) is 6.07 Å². The molecule has 1 amide bonds. The Morgan fingerprint density at radius 2 is 1.85 bits per heavy atom. The molecule has 1 N–H and O–H groups in total. The minimum atomic E-state index is -4.53. The number of amides is 1. The minimum absolute atomic E-state index is 0.0296. The van der Waals surface area contributed by atoms with Crippen molar-refractivity contribution < 1.29 is 18.0 Å². The molecule has 1 aliphatic rings. The Balaban J connectivity index is 2.18. The molecule has 1 unspecified atom stereocenters. The molecule has 0 aliphatic carbocycles. The average Bonchev–Trinajstić information content (AvgIpc) is 2.78. The van der Waals surface area contributed by atoms with Gasteiger partial charge in [-0.3, -0.25) is 10.2 Å². The molecule has 0 bridgehead atoms. The zero-order valence-electron chi connectivity index (χ0n) is 15.3. The number of fused-ring (bicyclic) bond motifs is 1. The molecular formula is C20H23F3N2O. The molecule has 1 atom stereocenters. The largest absolute Gasteiger partial charge is 0.409 e. The van der Waals surface area contributed by atoms with Crippen molar-refractivity contribution in [2.45, 2.75) is 57.8 Å². The van der Waals surface area contributed by atoms with Crippen LogP contribution in [0.4, 0.5) is 13.2 Å². The number of halogens is 3. The summed E-state index contributed by atoms with van der Waals surface area (Å²) in [5.74, 6) is -0.107. The van der Waals surface area contributed by atoms with Crippen LogP contribution >= 0.6 is 0 Å². The van der Waals surface area contributed by atoms with Crippen LogP contribution in [0.5, 0.6) is 0 Å². The zero-order valence-corrected chi connectivity index (χ0v) is 15.3. The number of hydrogen-bond acceptors (Lipinski definition) is 2. The van der Waals surface area contributed by atoms with E-state index in [2.05, 4.69) is 5.43 Å². The highest BCUT2D eigenvalue weighted by atomic mass is 19.4. The summed E-state index contributed by atoms with van der Waals surface area (Å²) in [6.45, 7) is 7.38. The Morgan fingerprint density at radius 1 is 1.15 bits per heavy atom. The molecule has 1 saturated heterocycles. The molecular weight excluding hydrogens is 341 g/mol. The van der Waals surface area contributed by atoms with Crippen LogP contribution in [0, 0.1) is 0 Å². The highest BCUT2D eigenvalue weighted by molar-refractivity contribution is 5.87. The van der Waals surface area contributed by atoms with Crippen LogP contribution in [0.15, 0.2) is 36.4 Å². The maximum atomic E-state index is 14.1. The third-order valence-corrected chi connectivity index (χ3v) is 4.96. The van der Waals surface area contributed by atoms with Crippen LogP contribution in [0.1, 0.15) is 57.2 Å². The second kappa shape index (κ2) is 6.27. The van der Waals surface area contributed by atoms with Crippen molar-refractivity contribution in [1.29, 1.82) is 0 Å². The number of carbonyl (C=O) groups is 1. The number of carbonyl (C=O) groups excluding carboxylic acids is 1. The minimum Gasteiger partial charge on any atom is -0.287 e. The van der Waals surface area contributed by atoms with Crippen LogP contribution < -0.4 is 5.43 Å². The van der Waals surface area contributed by atoms with Crippen LogP contribution in [0.25, 0.3) is 10.8 Å². The van der Waals surface area contributed by atoms with Crippen molar-refractivity contribution in [3.8, 4) is 0 Å². The van der Waals surface area contributed by atoms with E-state index in [4.69, 9.17) is 0 Å². The summed E-state index contributed by atoms with van der Waals surface area (Å²) in [5.41, 5.74) is 2.71. The molecule has 6 heteroatoms. The normalized spacial score (nSPS) is 19.2. The van der Waals surface area contributed by atoms with Crippen LogP contribution in [0.3, 0.4) is 0 Å². The molecule has 1 heterocycles. The number of nitrogens with zero attached hydrogens (tertiary/aromatic N) is 1. The Labute approximate surface area is 151 Å². The number of nitrogens with one attached hydrogen (secondary N) is 1. The van der Waals surface area contributed by atoms with E-state index in [-0.39, 0.29) is 12.0 Å². The number of benzene rings is 2. The van der Waals surface area contributed by atoms with E-state index in [1.807, 2.05) is 32.0 Å². The van der Waals surface area contributed by atoms with Gasteiger partial charge in [0.15, 0.2) is 6.04 Å². The lowest BCUT2D eigenvalue weighted by Gasteiger charge is -2.38.